The molecule has 0 radical (unpaired) electrons. The van der Waals surface area contributed by atoms with Gasteiger partial charge in [0.15, 0.2) is 5.17 Å². The normalized spacial score (nSPS) is 16.0. The lowest BCUT2D eigenvalue weighted by Gasteiger charge is -2.13. The van der Waals surface area contributed by atoms with Crippen LogP contribution in [0.2, 0.25) is 5.02 Å². The molecule has 0 saturated carbocycles. The topological polar surface area (TPSA) is 41.9 Å². The highest BCUT2D eigenvalue weighted by molar-refractivity contribution is 14.1. The molecule has 1 aliphatic rings. The monoisotopic (exact) mass is 718 g/mol. The second-order valence-electron chi connectivity index (χ2n) is 7.22. The fraction of sp³-hybridized carbons (Fsp3) is 0.120. The van der Waals surface area contributed by atoms with Crippen molar-refractivity contribution in [2.24, 2.45) is 4.99 Å². The van der Waals surface area contributed by atoms with E-state index in [-0.39, 0.29) is 11.7 Å². The quantitative estimate of drug-likeness (QED) is 0.193. The highest BCUT2D eigenvalue weighted by Crippen LogP contribution is 2.36. The Morgan fingerprint density at radius 2 is 1.79 bits per heavy atom. The van der Waals surface area contributed by atoms with Gasteiger partial charge >= 0.3 is 0 Å². The lowest BCUT2D eigenvalue weighted by molar-refractivity contribution is -0.122. The molecule has 1 heterocycles. The largest absolute Gasteiger partial charge is 0.487 e. The van der Waals surface area contributed by atoms with Crippen molar-refractivity contribution in [2.75, 3.05) is 6.54 Å². The van der Waals surface area contributed by atoms with E-state index in [1.54, 1.807) is 17.0 Å². The number of hydrogen-bond donors (Lipinski definition) is 0. The van der Waals surface area contributed by atoms with Gasteiger partial charge in [-0.1, -0.05) is 29.8 Å². The maximum Gasteiger partial charge on any atom is 0.266 e. The van der Waals surface area contributed by atoms with E-state index in [1.165, 1.54) is 23.9 Å². The molecule has 0 spiro atoms. The lowest BCUT2D eigenvalue weighted by Crippen LogP contribution is -2.28. The van der Waals surface area contributed by atoms with Crippen molar-refractivity contribution in [1.82, 2.24) is 4.90 Å². The van der Waals surface area contributed by atoms with Crippen molar-refractivity contribution in [3.8, 4) is 5.75 Å². The molecular formula is C25H18ClFI2N2O2S. The summed E-state index contributed by atoms with van der Waals surface area (Å²) in [7, 11) is 0. The predicted molar refractivity (Wildman–Crippen MR) is 154 cm³/mol. The molecule has 3 aromatic carbocycles. The highest BCUT2D eigenvalue weighted by atomic mass is 127. The molecule has 1 fully saturated rings. The van der Waals surface area contributed by atoms with Crippen molar-refractivity contribution >= 4 is 91.4 Å². The van der Waals surface area contributed by atoms with Crippen LogP contribution in [-0.2, 0) is 11.4 Å². The summed E-state index contributed by atoms with van der Waals surface area (Å²) in [6, 6.07) is 17.5. The van der Waals surface area contributed by atoms with Gasteiger partial charge in [0.2, 0.25) is 0 Å². The predicted octanol–water partition coefficient (Wildman–Crippen LogP) is 7.89. The van der Waals surface area contributed by atoms with Crippen molar-refractivity contribution in [2.45, 2.75) is 13.5 Å². The lowest BCUT2D eigenvalue weighted by atomic mass is 10.2. The van der Waals surface area contributed by atoms with E-state index in [1.807, 2.05) is 49.4 Å². The maximum absolute atomic E-state index is 13.2. The minimum atomic E-state index is -0.324. The molecule has 34 heavy (non-hydrogen) atoms. The third-order valence-electron chi connectivity index (χ3n) is 4.90. The first-order valence-corrected chi connectivity index (χ1v) is 13.6. The Kier molecular flexibility index (Phi) is 8.54. The van der Waals surface area contributed by atoms with Gasteiger partial charge < -0.3 is 4.74 Å². The van der Waals surface area contributed by atoms with E-state index in [0.29, 0.717) is 33.9 Å². The van der Waals surface area contributed by atoms with Crippen molar-refractivity contribution in [3.05, 3.63) is 94.7 Å². The Labute approximate surface area is 233 Å². The van der Waals surface area contributed by atoms with E-state index in [0.717, 1.165) is 24.0 Å². The average molecular weight is 719 g/mol. The zero-order valence-electron chi connectivity index (χ0n) is 17.9. The highest BCUT2D eigenvalue weighted by Gasteiger charge is 2.32. The molecule has 1 aliphatic heterocycles. The summed E-state index contributed by atoms with van der Waals surface area (Å²) in [4.78, 5) is 19.7. The van der Waals surface area contributed by atoms with Gasteiger partial charge in [-0.25, -0.2) is 9.38 Å². The summed E-state index contributed by atoms with van der Waals surface area (Å²) >= 11 is 12.0. The van der Waals surface area contributed by atoms with Crippen LogP contribution in [-0.4, -0.2) is 22.5 Å². The Balaban J connectivity index is 1.56. The van der Waals surface area contributed by atoms with E-state index in [9.17, 15) is 9.18 Å². The molecule has 0 aromatic heterocycles. The van der Waals surface area contributed by atoms with E-state index in [2.05, 4.69) is 50.2 Å². The summed E-state index contributed by atoms with van der Waals surface area (Å²) in [5.74, 6) is 0.357. The zero-order chi connectivity index (χ0) is 24.2. The van der Waals surface area contributed by atoms with Crippen LogP contribution in [0.15, 0.2) is 70.6 Å². The zero-order valence-corrected chi connectivity index (χ0v) is 23.8. The summed E-state index contributed by atoms with van der Waals surface area (Å²) in [5.41, 5.74) is 2.41. The van der Waals surface area contributed by atoms with Crippen LogP contribution in [0.5, 0.6) is 5.75 Å². The average Bonchev–Trinajstić information content (AvgIpc) is 3.09. The molecule has 0 unspecified atom stereocenters. The minimum Gasteiger partial charge on any atom is -0.487 e. The van der Waals surface area contributed by atoms with Gasteiger partial charge in [-0.05, 0) is 118 Å². The Bertz CT molecular complexity index is 1280. The van der Waals surface area contributed by atoms with E-state index in [4.69, 9.17) is 16.3 Å². The third kappa shape index (κ3) is 5.95. The van der Waals surface area contributed by atoms with Crippen molar-refractivity contribution in [3.63, 3.8) is 0 Å². The fourth-order valence-electron chi connectivity index (χ4n) is 3.21. The second kappa shape index (κ2) is 11.4. The Morgan fingerprint density at radius 3 is 2.44 bits per heavy atom. The molecule has 0 aliphatic carbocycles. The first kappa shape index (κ1) is 25.5. The van der Waals surface area contributed by atoms with Gasteiger partial charge in [0.25, 0.3) is 5.91 Å². The van der Waals surface area contributed by atoms with Crippen LogP contribution in [0, 0.1) is 13.0 Å². The van der Waals surface area contributed by atoms with Gasteiger partial charge in [0.05, 0.1) is 17.7 Å². The van der Waals surface area contributed by atoms with Crippen molar-refractivity contribution in [1.29, 1.82) is 0 Å². The first-order valence-electron chi connectivity index (χ1n) is 10.3. The first-order chi connectivity index (χ1) is 16.4. The molecular weight excluding hydrogens is 701 g/mol. The number of halogens is 4. The number of thioether (sulfide) groups is 1. The number of aliphatic imine (C=N–C) groups is 1. The molecule has 0 bridgehead atoms. The standard InChI is InChI=1S/C25H18ClFI2N2O2S/c1-2-31-24(32)22(34-25(31)30-18-9-7-17(27)8-10-18)13-15-11-20(28)23(21(29)12-15)33-14-16-5-3-4-6-19(16)26/h3-13H,2,14H2,1H3/b22-13+,30-25?. The molecule has 1 amide bonds. The number of carbonyl (C=O) groups is 1. The number of carbonyl (C=O) groups excluding carboxylic acids is 1. The van der Waals surface area contributed by atoms with E-state index < -0.39 is 0 Å². The Morgan fingerprint density at radius 1 is 1.12 bits per heavy atom. The van der Waals surface area contributed by atoms with Crippen LogP contribution < -0.4 is 4.74 Å². The molecule has 9 heteroatoms. The number of amides is 1. The fourth-order valence-corrected chi connectivity index (χ4v) is 6.59. The maximum atomic E-state index is 13.2. The molecule has 0 atom stereocenters. The molecule has 1 saturated heterocycles. The third-order valence-corrected chi connectivity index (χ3v) is 7.88. The van der Waals surface area contributed by atoms with Crippen LogP contribution in [0.3, 0.4) is 0 Å². The number of rotatable bonds is 6. The number of benzene rings is 3. The van der Waals surface area contributed by atoms with Crippen LogP contribution in [0.25, 0.3) is 6.08 Å². The molecule has 4 rings (SSSR count). The number of amidine groups is 1. The van der Waals surface area contributed by atoms with E-state index >= 15 is 0 Å². The number of nitrogens with zero attached hydrogens (tertiary/aromatic N) is 2. The molecule has 3 aromatic rings. The smallest absolute Gasteiger partial charge is 0.266 e. The molecule has 0 N–H and O–H groups in total. The van der Waals surface area contributed by atoms with Crippen LogP contribution >= 0.6 is 68.5 Å². The number of ether oxygens (including phenoxy) is 1. The summed E-state index contributed by atoms with van der Waals surface area (Å²) in [5, 5.41) is 1.25. The molecule has 4 nitrogen and oxygen atoms in total. The summed E-state index contributed by atoms with van der Waals surface area (Å²) in [6.07, 6.45) is 1.87. The SMILES string of the molecule is CCN1C(=O)/C(=C\c2cc(I)c(OCc3ccccc3Cl)c(I)c2)SC1=Nc1ccc(F)cc1. The Hall–Kier alpha value is -1.63. The van der Waals surface area contributed by atoms with Crippen LogP contribution in [0.1, 0.15) is 18.1 Å². The van der Waals surface area contributed by atoms with Crippen LogP contribution in [0.4, 0.5) is 10.1 Å². The molecule has 174 valence electrons. The second-order valence-corrected chi connectivity index (χ2v) is 11.0. The van der Waals surface area contributed by atoms with Gasteiger partial charge in [0, 0.05) is 17.1 Å². The van der Waals surface area contributed by atoms with Gasteiger partial charge in [-0.2, -0.15) is 0 Å². The van der Waals surface area contributed by atoms with Gasteiger partial charge in [-0.3, -0.25) is 9.69 Å². The van der Waals surface area contributed by atoms with Gasteiger partial charge in [-0.15, -0.1) is 0 Å². The summed E-state index contributed by atoms with van der Waals surface area (Å²) < 4.78 is 21.1. The number of likely N-dealkylation sites (N-methyl/N-ethyl adjacent to an activating group) is 1. The number of hydrogen-bond acceptors (Lipinski definition) is 4. The summed E-state index contributed by atoms with van der Waals surface area (Å²) in [6.45, 7) is 2.76. The van der Waals surface area contributed by atoms with Crippen molar-refractivity contribution < 1.29 is 13.9 Å². The minimum absolute atomic E-state index is 0.0996. The van der Waals surface area contributed by atoms with Gasteiger partial charge in [0.1, 0.15) is 18.2 Å².